The number of carbonyl (C=O) groups excluding carboxylic acids is 1. The molecule has 2 saturated carbocycles. The molecule has 0 unspecified atom stereocenters. The maximum atomic E-state index is 11.6. The van der Waals surface area contributed by atoms with Crippen molar-refractivity contribution >= 4 is 5.91 Å². The van der Waals surface area contributed by atoms with Crippen molar-refractivity contribution in [1.82, 2.24) is 19.6 Å². The van der Waals surface area contributed by atoms with E-state index in [9.17, 15) is 4.79 Å². The zero-order chi connectivity index (χ0) is 20.0. The zero-order valence-electron chi connectivity index (χ0n) is 18.0. The number of amides is 1. The highest BCUT2D eigenvalue weighted by Gasteiger charge is 2.45. The van der Waals surface area contributed by atoms with Gasteiger partial charge in [-0.1, -0.05) is 0 Å². The zero-order valence-corrected chi connectivity index (χ0v) is 18.0. The Labute approximate surface area is 174 Å². The van der Waals surface area contributed by atoms with Gasteiger partial charge in [0.25, 0.3) is 0 Å². The minimum atomic E-state index is 0.228. The first-order valence-electron chi connectivity index (χ1n) is 11.7. The lowest BCUT2D eigenvalue weighted by Crippen LogP contribution is -2.45. The Bertz CT molecular complexity index is 722. The number of piperidine rings is 1. The topological polar surface area (TPSA) is 50.6 Å². The predicted octanol–water partition coefficient (Wildman–Crippen LogP) is 2.88. The van der Waals surface area contributed by atoms with Gasteiger partial charge in [-0.3, -0.25) is 14.4 Å². The van der Waals surface area contributed by atoms with Crippen LogP contribution in [-0.2, 0) is 9.53 Å². The van der Waals surface area contributed by atoms with Gasteiger partial charge in [0.15, 0.2) is 0 Å². The number of fused-ring (bicyclic) bond motifs is 1. The van der Waals surface area contributed by atoms with E-state index in [1.54, 1.807) is 6.92 Å². The molecule has 4 aliphatic rings. The Morgan fingerprint density at radius 2 is 1.86 bits per heavy atom. The molecule has 4 fully saturated rings. The Kier molecular flexibility index (Phi) is 5.41. The van der Waals surface area contributed by atoms with Crippen molar-refractivity contribution in [1.29, 1.82) is 0 Å². The fourth-order valence-electron chi connectivity index (χ4n) is 5.89. The van der Waals surface area contributed by atoms with E-state index in [0.717, 1.165) is 50.3 Å². The van der Waals surface area contributed by atoms with Crippen molar-refractivity contribution < 1.29 is 9.53 Å². The number of aryl methyl sites for hydroxylation is 1. The first-order valence-corrected chi connectivity index (χ1v) is 11.7. The summed E-state index contributed by atoms with van der Waals surface area (Å²) in [5, 5.41) is 4.67. The van der Waals surface area contributed by atoms with Crippen molar-refractivity contribution in [3.63, 3.8) is 0 Å². The molecular formula is C23H36N4O2. The van der Waals surface area contributed by atoms with Gasteiger partial charge < -0.3 is 9.64 Å². The van der Waals surface area contributed by atoms with Gasteiger partial charge in [0.05, 0.1) is 18.3 Å². The van der Waals surface area contributed by atoms with E-state index in [2.05, 4.69) is 27.8 Å². The van der Waals surface area contributed by atoms with Gasteiger partial charge >= 0.3 is 0 Å². The van der Waals surface area contributed by atoms with Crippen LogP contribution in [0.1, 0.15) is 57.1 Å². The van der Waals surface area contributed by atoms with E-state index in [1.165, 1.54) is 44.3 Å². The van der Waals surface area contributed by atoms with Crippen LogP contribution in [0, 0.1) is 24.7 Å². The molecule has 4 atom stereocenters. The first kappa shape index (κ1) is 19.6. The van der Waals surface area contributed by atoms with Crippen LogP contribution >= 0.6 is 0 Å². The molecule has 0 radical (unpaired) electrons. The summed E-state index contributed by atoms with van der Waals surface area (Å²) < 4.78 is 8.68. The molecule has 2 saturated heterocycles. The molecule has 2 aliphatic carbocycles. The summed E-state index contributed by atoms with van der Waals surface area (Å²) in [5.74, 6) is 2.53. The maximum absolute atomic E-state index is 11.6. The lowest BCUT2D eigenvalue weighted by atomic mass is 9.77. The lowest BCUT2D eigenvalue weighted by Gasteiger charge is -2.38. The van der Waals surface area contributed by atoms with E-state index in [1.807, 2.05) is 11.1 Å². The molecule has 2 aliphatic heterocycles. The number of carbonyl (C=O) groups is 1. The maximum Gasteiger partial charge on any atom is 0.219 e. The normalized spacial score (nSPS) is 33.8. The summed E-state index contributed by atoms with van der Waals surface area (Å²) in [7, 11) is 0. The highest BCUT2D eigenvalue weighted by molar-refractivity contribution is 5.73. The van der Waals surface area contributed by atoms with Crippen molar-refractivity contribution in [2.24, 2.45) is 17.8 Å². The minimum Gasteiger partial charge on any atom is -0.376 e. The summed E-state index contributed by atoms with van der Waals surface area (Å²) in [6.07, 6.45) is 11.8. The second-order valence-electron chi connectivity index (χ2n) is 10.1. The van der Waals surface area contributed by atoms with Crippen LogP contribution in [0.15, 0.2) is 12.4 Å². The van der Waals surface area contributed by atoms with Gasteiger partial charge in [-0.05, 0) is 68.8 Å². The van der Waals surface area contributed by atoms with Crippen LogP contribution in [0.5, 0.6) is 0 Å². The highest BCUT2D eigenvalue weighted by Crippen LogP contribution is 2.44. The standard InChI is InChI=1S/C23H36N4O2/c1-16-11-24-27(12-16)22-9-19-13-26(21-5-7-25(8-6-21)17(2)28)14-20(19)10-23(22)29-15-18-3-4-18/h11-12,18-23H,3-10,13-15H2,1-2H3/t19-,20+,22-,23-/m0/s1. The lowest BCUT2D eigenvalue weighted by molar-refractivity contribution is -0.130. The molecule has 0 bridgehead atoms. The van der Waals surface area contributed by atoms with Crippen LogP contribution < -0.4 is 0 Å². The molecule has 6 heteroatoms. The third kappa shape index (κ3) is 4.24. The molecule has 29 heavy (non-hydrogen) atoms. The van der Waals surface area contributed by atoms with Gasteiger partial charge in [0.2, 0.25) is 5.91 Å². The number of aromatic nitrogens is 2. The summed E-state index contributed by atoms with van der Waals surface area (Å²) in [5.41, 5.74) is 1.23. The number of hydrogen-bond donors (Lipinski definition) is 0. The van der Waals surface area contributed by atoms with Gasteiger partial charge in [-0.25, -0.2) is 0 Å². The number of nitrogens with zero attached hydrogens (tertiary/aromatic N) is 4. The molecule has 5 rings (SSSR count). The molecule has 6 nitrogen and oxygen atoms in total. The molecule has 160 valence electrons. The number of hydrogen-bond acceptors (Lipinski definition) is 4. The Balaban J connectivity index is 1.24. The summed E-state index contributed by atoms with van der Waals surface area (Å²) in [4.78, 5) is 16.4. The van der Waals surface area contributed by atoms with Gasteiger partial charge in [0.1, 0.15) is 0 Å². The van der Waals surface area contributed by atoms with Crippen molar-refractivity contribution in [3.8, 4) is 0 Å². The number of ether oxygens (including phenoxy) is 1. The van der Waals surface area contributed by atoms with E-state index in [0.29, 0.717) is 18.2 Å². The predicted molar refractivity (Wildman–Crippen MR) is 112 cm³/mol. The van der Waals surface area contributed by atoms with E-state index >= 15 is 0 Å². The third-order valence-corrected chi connectivity index (χ3v) is 7.85. The Hall–Kier alpha value is -1.40. The Morgan fingerprint density at radius 1 is 1.14 bits per heavy atom. The molecule has 0 N–H and O–H groups in total. The molecule has 0 spiro atoms. The average Bonchev–Trinajstić information content (AvgIpc) is 3.30. The molecule has 1 aromatic rings. The summed E-state index contributed by atoms with van der Waals surface area (Å²) in [6, 6.07) is 1.02. The van der Waals surface area contributed by atoms with Gasteiger partial charge in [-0.2, -0.15) is 5.10 Å². The largest absolute Gasteiger partial charge is 0.376 e. The van der Waals surface area contributed by atoms with Crippen molar-refractivity contribution in [2.45, 2.75) is 70.6 Å². The van der Waals surface area contributed by atoms with E-state index < -0.39 is 0 Å². The molecule has 1 aromatic heterocycles. The smallest absolute Gasteiger partial charge is 0.219 e. The molecule has 3 heterocycles. The molecular weight excluding hydrogens is 364 g/mol. The highest BCUT2D eigenvalue weighted by atomic mass is 16.5. The van der Waals surface area contributed by atoms with Crippen molar-refractivity contribution in [3.05, 3.63) is 18.0 Å². The summed E-state index contributed by atoms with van der Waals surface area (Å²) >= 11 is 0. The second kappa shape index (κ2) is 8.03. The molecule has 1 amide bonds. The summed E-state index contributed by atoms with van der Waals surface area (Å²) in [6.45, 7) is 9.03. The minimum absolute atomic E-state index is 0.228. The first-order chi connectivity index (χ1) is 14.1. The van der Waals surface area contributed by atoms with Gasteiger partial charge in [-0.15, -0.1) is 0 Å². The molecule has 0 aromatic carbocycles. The number of likely N-dealkylation sites (tertiary alicyclic amines) is 2. The van der Waals surface area contributed by atoms with Crippen LogP contribution in [-0.4, -0.2) is 70.4 Å². The SMILES string of the molecule is CC(=O)N1CCC(N2C[C@H]3C[C@H](OCC4CC4)[C@@H](n4cc(C)cn4)C[C@H]3C2)CC1. The van der Waals surface area contributed by atoms with E-state index in [-0.39, 0.29) is 5.91 Å². The average molecular weight is 401 g/mol. The number of rotatable bonds is 5. The second-order valence-corrected chi connectivity index (χ2v) is 10.1. The van der Waals surface area contributed by atoms with E-state index in [4.69, 9.17) is 4.74 Å². The van der Waals surface area contributed by atoms with Crippen LogP contribution in [0.25, 0.3) is 0 Å². The Morgan fingerprint density at radius 3 is 2.48 bits per heavy atom. The third-order valence-electron chi connectivity index (χ3n) is 7.85. The van der Waals surface area contributed by atoms with Crippen molar-refractivity contribution in [2.75, 3.05) is 32.8 Å². The van der Waals surface area contributed by atoms with Crippen LogP contribution in [0.3, 0.4) is 0 Å². The van der Waals surface area contributed by atoms with Crippen LogP contribution in [0.4, 0.5) is 0 Å². The van der Waals surface area contributed by atoms with Crippen LogP contribution in [0.2, 0.25) is 0 Å². The quantitative estimate of drug-likeness (QED) is 0.763. The fraction of sp³-hybridized carbons (Fsp3) is 0.826. The fourth-order valence-corrected chi connectivity index (χ4v) is 5.89. The van der Waals surface area contributed by atoms with Gasteiger partial charge in [0, 0.05) is 51.9 Å². The monoisotopic (exact) mass is 400 g/mol.